The van der Waals surface area contributed by atoms with Gasteiger partial charge in [0.05, 0.1) is 12.1 Å². The van der Waals surface area contributed by atoms with Crippen LogP contribution in [0.1, 0.15) is 51.8 Å². The summed E-state index contributed by atoms with van der Waals surface area (Å²) in [6, 6.07) is 18.2. The molecule has 3 atom stereocenters. The Bertz CT molecular complexity index is 1470. The summed E-state index contributed by atoms with van der Waals surface area (Å²) in [5.74, 6) is -0.514. The van der Waals surface area contributed by atoms with Crippen molar-refractivity contribution in [3.8, 4) is 11.5 Å². The summed E-state index contributed by atoms with van der Waals surface area (Å²) in [5, 5.41) is 0. The molecule has 3 aromatic rings. The molecule has 0 spiro atoms. The van der Waals surface area contributed by atoms with E-state index in [1.165, 1.54) is 29.2 Å². The number of amides is 3. The normalized spacial score (nSPS) is 17.5. The molecule has 0 saturated carbocycles. The van der Waals surface area contributed by atoms with Crippen LogP contribution in [0.3, 0.4) is 0 Å². The number of benzene rings is 3. The van der Waals surface area contributed by atoms with E-state index in [2.05, 4.69) is 0 Å². The number of rotatable bonds is 7. The number of ether oxygens (including phenoxy) is 2. The van der Waals surface area contributed by atoms with E-state index in [1.54, 1.807) is 48.8 Å². The van der Waals surface area contributed by atoms with Gasteiger partial charge in [0.25, 0.3) is 5.91 Å². The molecule has 1 fully saturated rings. The van der Waals surface area contributed by atoms with Crippen LogP contribution in [-0.2, 0) is 14.3 Å². The highest BCUT2D eigenvalue weighted by Crippen LogP contribution is 2.36. The van der Waals surface area contributed by atoms with Gasteiger partial charge in [-0.25, -0.2) is 9.18 Å². The number of carbonyl (C=O) groups excluding carboxylic acids is 3. The van der Waals surface area contributed by atoms with Gasteiger partial charge in [-0.05, 0) is 95.1 Å². The smallest absolute Gasteiger partial charge is 0.410 e. The average molecular weight is 624 g/mol. The number of hydrogen-bond acceptors (Lipinski definition) is 5. The quantitative estimate of drug-likeness (QED) is 0.262. The summed E-state index contributed by atoms with van der Waals surface area (Å²) < 4.78 is 25.6. The number of piperazine rings is 1. The third-order valence-corrected chi connectivity index (χ3v) is 7.53. The van der Waals surface area contributed by atoms with Gasteiger partial charge in [0.1, 0.15) is 34.8 Å². The highest BCUT2D eigenvalue weighted by atomic mass is 35.5. The third kappa shape index (κ3) is 7.69. The fourth-order valence-corrected chi connectivity index (χ4v) is 5.59. The minimum absolute atomic E-state index is 0.214. The van der Waals surface area contributed by atoms with E-state index >= 15 is 0 Å². The maximum atomic E-state index is 14.5. The Morgan fingerprint density at radius 3 is 2.11 bits per heavy atom. The molecule has 44 heavy (non-hydrogen) atoms. The van der Waals surface area contributed by atoms with Crippen LogP contribution in [0.15, 0.2) is 72.8 Å². The molecule has 1 unspecified atom stereocenters. The highest BCUT2D eigenvalue weighted by molar-refractivity contribution is 6.30. The first-order chi connectivity index (χ1) is 20.8. The monoisotopic (exact) mass is 623 g/mol. The number of halogens is 2. The van der Waals surface area contributed by atoms with E-state index in [4.69, 9.17) is 21.1 Å². The molecular weight excluding hydrogens is 585 g/mol. The standard InChI is InChI=1S/C34H39ClFN3O5/c1-22-18-28(43-27-10-8-7-9-11-27)16-17-29(22)39(30(40)19-35)31(25-12-14-26(36)15-13-25)32(41)37-20-23(2)38(24(3)21-37)33(42)44-34(4,5)6/h7-18,23-24,31H,19-21H2,1-6H3/t23-,24+,31?. The lowest BCUT2D eigenvalue weighted by atomic mass is 9.99. The Hall–Kier alpha value is -4.11. The number of nitrogens with zero attached hydrogens (tertiary/aromatic N) is 3. The van der Waals surface area contributed by atoms with Crippen LogP contribution < -0.4 is 9.64 Å². The third-order valence-electron chi connectivity index (χ3n) is 7.30. The minimum Gasteiger partial charge on any atom is -0.457 e. The molecule has 0 radical (unpaired) electrons. The Morgan fingerprint density at radius 1 is 0.955 bits per heavy atom. The highest BCUT2D eigenvalue weighted by Gasteiger charge is 2.42. The zero-order valence-electron chi connectivity index (χ0n) is 25.9. The van der Waals surface area contributed by atoms with Gasteiger partial charge in [0.15, 0.2) is 0 Å². The van der Waals surface area contributed by atoms with Gasteiger partial charge in [-0.1, -0.05) is 30.3 Å². The van der Waals surface area contributed by atoms with Gasteiger partial charge >= 0.3 is 6.09 Å². The second kappa shape index (κ2) is 13.7. The molecule has 0 bridgehead atoms. The van der Waals surface area contributed by atoms with Crippen molar-refractivity contribution in [3.63, 3.8) is 0 Å². The first-order valence-corrected chi connectivity index (χ1v) is 15.1. The largest absolute Gasteiger partial charge is 0.457 e. The van der Waals surface area contributed by atoms with E-state index in [0.717, 1.165) is 0 Å². The van der Waals surface area contributed by atoms with Gasteiger partial charge < -0.3 is 14.4 Å². The number of anilines is 1. The van der Waals surface area contributed by atoms with Crippen molar-refractivity contribution in [3.05, 3.63) is 89.7 Å². The van der Waals surface area contributed by atoms with Crippen LogP contribution in [0, 0.1) is 12.7 Å². The lowest BCUT2D eigenvalue weighted by Crippen LogP contribution is -2.62. The first-order valence-electron chi connectivity index (χ1n) is 14.6. The van der Waals surface area contributed by atoms with Crippen molar-refractivity contribution < 1.29 is 28.2 Å². The predicted molar refractivity (Wildman–Crippen MR) is 169 cm³/mol. The Morgan fingerprint density at radius 2 is 1.57 bits per heavy atom. The van der Waals surface area contributed by atoms with E-state index in [1.807, 2.05) is 51.1 Å². The van der Waals surface area contributed by atoms with Crippen LogP contribution in [0.4, 0.5) is 14.9 Å². The van der Waals surface area contributed by atoms with Gasteiger partial charge in [0.2, 0.25) is 5.91 Å². The fraction of sp³-hybridized carbons (Fsp3) is 0.382. The van der Waals surface area contributed by atoms with Crippen LogP contribution in [-0.4, -0.2) is 64.4 Å². The van der Waals surface area contributed by atoms with Gasteiger partial charge in [-0.3, -0.25) is 19.4 Å². The van der Waals surface area contributed by atoms with Crippen LogP contribution in [0.5, 0.6) is 11.5 Å². The molecule has 3 amide bonds. The van der Waals surface area contributed by atoms with E-state index in [9.17, 15) is 18.8 Å². The zero-order chi connectivity index (χ0) is 32.2. The van der Waals surface area contributed by atoms with Crippen LogP contribution >= 0.6 is 11.6 Å². The molecule has 8 nitrogen and oxygen atoms in total. The summed E-state index contributed by atoms with van der Waals surface area (Å²) in [5.41, 5.74) is 0.897. The Balaban J connectivity index is 1.70. The molecule has 234 valence electrons. The van der Waals surface area contributed by atoms with Crippen molar-refractivity contribution in [1.82, 2.24) is 9.80 Å². The molecule has 10 heteroatoms. The van der Waals surface area contributed by atoms with Crippen LogP contribution in [0.25, 0.3) is 0 Å². The van der Waals surface area contributed by atoms with Crippen molar-refractivity contribution >= 4 is 35.2 Å². The number of alkyl halides is 1. The number of para-hydroxylation sites is 1. The summed E-state index contributed by atoms with van der Waals surface area (Å²) in [4.78, 5) is 45.7. The number of carbonyl (C=O) groups is 3. The van der Waals surface area contributed by atoms with Crippen molar-refractivity contribution in [2.45, 2.75) is 65.3 Å². The molecule has 0 aliphatic carbocycles. The summed E-state index contributed by atoms with van der Waals surface area (Å²) >= 11 is 6.13. The van der Waals surface area contributed by atoms with Gasteiger partial charge in [-0.15, -0.1) is 11.6 Å². The molecule has 3 aromatic carbocycles. The first kappa shape index (κ1) is 32.8. The fourth-order valence-electron chi connectivity index (χ4n) is 5.47. The lowest BCUT2D eigenvalue weighted by molar-refractivity contribution is -0.138. The molecule has 0 aromatic heterocycles. The van der Waals surface area contributed by atoms with Crippen molar-refractivity contribution in [2.75, 3.05) is 23.9 Å². The predicted octanol–water partition coefficient (Wildman–Crippen LogP) is 7.10. The summed E-state index contributed by atoms with van der Waals surface area (Å²) in [6.07, 6.45) is -0.452. The second-order valence-electron chi connectivity index (χ2n) is 12.0. The zero-order valence-corrected chi connectivity index (χ0v) is 26.7. The minimum atomic E-state index is -1.14. The van der Waals surface area contributed by atoms with Gasteiger partial charge in [-0.2, -0.15) is 0 Å². The average Bonchev–Trinajstić information content (AvgIpc) is 2.95. The summed E-state index contributed by atoms with van der Waals surface area (Å²) in [6.45, 7) is 11.4. The van der Waals surface area contributed by atoms with E-state index < -0.39 is 29.5 Å². The molecule has 1 aliphatic heterocycles. The second-order valence-corrected chi connectivity index (χ2v) is 12.3. The SMILES string of the molecule is Cc1cc(Oc2ccccc2)ccc1N(C(=O)CCl)C(C(=O)N1C[C@@H](C)N(C(=O)OC(C)(C)C)[C@@H](C)C1)c1ccc(F)cc1. The topological polar surface area (TPSA) is 79.4 Å². The number of aryl methyl sites for hydroxylation is 1. The van der Waals surface area contributed by atoms with Crippen molar-refractivity contribution in [1.29, 1.82) is 0 Å². The molecular formula is C34H39ClFN3O5. The molecule has 1 aliphatic rings. The maximum Gasteiger partial charge on any atom is 0.410 e. The Labute approximate surface area is 263 Å². The summed E-state index contributed by atoms with van der Waals surface area (Å²) in [7, 11) is 0. The van der Waals surface area contributed by atoms with Crippen molar-refractivity contribution in [2.24, 2.45) is 0 Å². The van der Waals surface area contributed by atoms with Crippen LogP contribution in [0.2, 0.25) is 0 Å². The van der Waals surface area contributed by atoms with E-state index in [-0.39, 0.29) is 37.0 Å². The lowest BCUT2D eigenvalue weighted by Gasteiger charge is -2.46. The molecule has 4 rings (SSSR count). The number of hydrogen-bond donors (Lipinski definition) is 0. The van der Waals surface area contributed by atoms with E-state index in [0.29, 0.717) is 28.3 Å². The molecule has 1 saturated heterocycles. The Kier molecular flexibility index (Phi) is 10.2. The maximum absolute atomic E-state index is 14.5. The molecule has 0 N–H and O–H groups in total. The van der Waals surface area contributed by atoms with Gasteiger partial charge in [0, 0.05) is 18.8 Å². The molecule has 1 heterocycles.